The second kappa shape index (κ2) is 8.98. The maximum Gasteiger partial charge on any atom is 0.196 e. The van der Waals surface area contributed by atoms with E-state index in [0.29, 0.717) is 23.2 Å². The van der Waals surface area contributed by atoms with Gasteiger partial charge in [-0.3, -0.25) is 4.31 Å². The molecule has 3 aromatic rings. The molecule has 0 radical (unpaired) electrons. The number of rotatable bonds is 7. The summed E-state index contributed by atoms with van der Waals surface area (Å²) in [5.74, 6) is -0.180. The van der Waals surface area contributed by atoms with Crippen LogP contribution in [0.1, 0.15) is 11.3 Å². The fourth-order valence-corrected chi connectivity index (χ4v) is 4.48. The first-order valence-electron chi connectivity index (χ1n) is 8.14. The number of nitrogens with zero attached hydrogens (tertiary/aromatic N) is 2. The minimum atomic E-state index is -0.794. The average molecular weight is 443 g/mol. The van der Waals surface area contributed by atoms with Crippen LogP contribution in [-0.2, 0) is 6.54 Å². The topological polar surface area (TPSA) is 34.6 Å². The van der Waals surface area contributed by atoms with Crippen molar-refractivity contribution in [2.24, 2.45) is 0 Å². The molecule has 0 atom stereocenters. The summed E-state index contributed by atoms with van der Waals surface area (Å²) in [4.78, 5) is 4.69. The Labute approximate surface area is 175 Å². The SMILES string of the molecule is COc1ccc(CN(Sc2cc(Cl)c(F)cc2F)c2nc(C)cs2)c(OC)c1. The summed E-state index contributed by atoms with van der Waals surface area (Å²) in [7, 11) is 3.15. The van der Waals surface area contributed by atoms with Crippen molar-refractivity contribution in [2.75, 3.05) is 18.5 Å². The summed E-state index contributed by atoms with van der Waals surface area (Å²) >= 11 is 8.37. The molecule has 0 fully saturated rings. The third-order valence-electron chi connectivity index (χ3n) is 3.81. The van der Waals surface area contributed by atoms with Gasteiger partial charge >= 0.3 is 0 Å². The predicted molar refractivity (Wildman–Crippen MR) is 110 cm³/mol. The predicted octanol–water partition coefficient (Wildman–Crippen LogP) is 6.11. The first-order valence-corrected chi connectivity index (χ1v) is 10.2. The molecule has 9 heteroatoms. The molecular formula is C19H17ClF2N2O2S2. The number of anilines is 1. The molecule has 28 heavy (non-hydrogen) atoms. The van der Waals surface area contributed by atoms with Gasteiger partial charge in [0.15, 0.2) is 5.13 Å². The van der Waals surface area contributed by atoms with Gasteiger partial charge in [-0.1, -0.05) is 11.6 Å². The van der Waals surface area contributed by atoms with Gasteiger partial charge in [-0.15, -0.1) is 11.3 Å². The highest BCUT2D eigenvalue weighted by Gasteiger charge is 2.19. The Morgan fingerprint density at radius 2 is 1.93 bits per heavy atom. The number of hydrogen-bond donors (Lipinski definition) is 0. The molecule has 0 amide bonds. The van der Waals surface area contributed by atoms with E-state index in [4.69, 9.17) is 21.1 Å². The first kappa shape index (κ1) is 20.7. The number of thiazole rings is 1. The van der Waals surface area contributed by atoms with Gasteiger partial charge in [0, 0.05) is 23.1 Å². The van der Waals surface area contributed by atoms with Crippen molar-refractivity contribution >= 4 is 40.0 Å². The van der Waals surface area contributed by atoms with Crippen LogP contribution in [0.4, 0.5) is 13.9 Å². The van der Waals surface area contributed by atoms with Crippen LogP contribution < -0.4 is 13.8 Å². The quantitative estimate of drug-likeness (QED) is 0.325. The molecule has 0 N–H and O–H groups in total. The summed E-state index contributed by atoms with van der Waals surface area (Å²) in [6.07, 6.45) is 0. The molecule has 4 nitrogen and oxygen atoms in total. The number of aromatic nitrogens is 1. The second-order valence-corrected chi connectivity index (χ2v) is 8.08. The minimum absolute atomic E-state index is 0.138. The van der Waals surface area contributed by atoms with Gasteiger partial charge in [-0.2, -0.15) is 0 Å². The lowest BCUT2D eigenvalue weighted by atomic mass is 10.2. The minimum Gasteiger partial charge on any atom is -0.497 e. The van der Waals surface area contributed by atoms with Crippen LogP contribution in [0.5, 0.6) is 11.5 Å². The van der Waals surface area contributed by atoms with E-state index >= 15 is 0 Å². The lowest BCUT2D eigenvalue weighted by molar-refractivity contribution is 0.391. The van der Waals surface area contributed by atoms with Crippen LogP contribution in [-0.4, -0.2) is 19.2 Å². The highest BCUT2D eigenvalue weighted by atomic mass is 35.5. The van der Waals surface area contributed by atoms with Gasteiger partial charge in [0.05, 0.1) is 36.4 Å². The normalized spacial score (nSPS) is 10.8. The molecular weight excluding hydrogens is 426 g/mol. The van der Waals surface area contributed by atoms with E-state index in [1.165, 1.54) is 17.4 Å². The molecule has 1 aromatic heterocycles. The zero-order valence-corrected chi connectivity index (χ0v) is 17.7. The van der Waals surface area contributed by atoms with E-state index in [-0.39, 0.29) is 9.92 Å². The van der Waals surface area contributed by atoms with E-state index < -0.39 is 11.6 Å². The zero-order valence-electron chi connectivity index (χ0n) is 15.3. The number of benzene rings is 2. The third-order valence-corrected chi connectivity index (χ3v) is 6.23. The Morgan fingerprint density at radius 1 is 1.14 bits per heavy atom. The van der Waals surface area contributed by atoms with Crippen LogP contribution in [0, 0.1) is 18.6 Å². The van der Waals surface area contributed by atoms with Crippen LogP contribution in [0.2, 0.25) is 5.02 Å². The molecule has 3 rings (SSSR count). The van der Waals surface area contributed by atoms with Crippen LogP contribution in [0.3, 0.4) is 0 Å². The highest BCUT2D eigenvalue weighted by Crippen LogP contribution is 2.37. The zero-order chi connectivity index (χ0) is 20.3. The van der Waals surface area contributed by atoms with Crippen LogP contribution in [0.25, 0.3) is 0 Å². The Morgan fingerprint density at radius 3 is 2.57 bits per heavy atom. The highest BCUT2D eigenvalue weighted by molar-refractivity contribution is 8.00. The summed E-state index contributed by atoms with van der Waals surface area (Å²) in [5, 5.41) is 2.45. The van der Waals surface area contributed by atoms with Gasteiger partial charge in [0.25, 0.3) is 0 Å². The van der Waals surface area contributed by atoms with Gasteiger partial charge in [0.1, 0.15) is 23.1 Å². The Kier molecular flexibility index (Phi) is 6.64. The van der Waals surface area contributed by atoms with Gasteiger partial charge in [0.2, 0.25) is 0 Å². The molecule has 0 saturated carbocycles. The van der Waals surface area contributed by atoms with Crippen molar-refractivity contribution in [3.8, 4) is 11.5 Å². The molecule has 148 valence electrons. The molecule has 0 bridgehead atoms. The second-order valence-electron chi connectivity index (χ2n) is 5.77. The average Bonchev–Trinajstić information content (AvgIpc) is 3.11. The molecule has 1 heterocycles. The smallest absolute Gasteiger partial charge is 0.196 e. The van der Waals surface area contributed by atoms with Crippen molar-refractivity contribution in [3.63, 3.8) is 0 Å². The monoisotopic (exact) mass is 442 g/mol. The number of hydrogen-bond acceptors (Lipinski definition) is 6. The number of ether oxygens (including phenoxy) is 2. The van der Waals surface area contributed by atoms with Gasteiger partial charge in [-0.25, -0.2) is 13.8 Å². The van der Waals surface area contributed by atoms with E-state index in [2.05, 4.69) is 4.98 Å². The number of methoxy groups -OCH3 is 2. The fourth-order valence-electron chi connectivity index (χ4n) is 2.43. The van der Waals surface area contributed by atoms with E-state index in [9.17, 15) is 8.78 Å². The van der Waals surface area contributed by atoms with E-state index in [1.54, 1.807) is 20.3 Å². The van der Waals surface area contributed by atoms with Crippen LogP contribution >= 0.6 is 34.9 Å². The first-order chi connectivity index (χ1) is 13.4. The lowest BCUT2D eigenvalue weighted by Crippen LogP contribution is -2.15. The van der Waals surface area contributed by atoms with Crippen molar-refractivity contribution in [1.82, 2.24) is 4.98 Å². The van der Waals surface area contributed by atoms with Crippen molar-refractivity contribution in [3.05, 3.63) is 63.6 Å². The van der Waals surface area contributed by atoms with Crippen molar-refractivity contribution < 1.29 is 18.3 Å². The van der Waals surface area contributed by atoms with E-state index in [1.807, 2.05) is 28.7 Å². The Bertz CT molecular complexity index is 985. The summed E-state index contributed by atoms with van der Waals surface area (Å²) in [6, 6.07) is 7.53. The Hall–Kier alpha value is -2.03. The molecule has 0 aliphatic heterocycles. The lowest BCUT2D eigenvalue weighted by Gasteiger charge is -2.22. The number of halogens is 3. The molecule has 0 aliphatic rings. The van der Waals surface area contributed by atoms with Crippen molar-refractivity contribution in [1.29, 1.82) is 0 Å². The summed E-state index contributed by atoms with van der Waals surface area (Å²) in [6.45, 7) is 2.26. The molecule has 0 unspecified atom stereocenters. The maximum atomic E-state index is 14.3. The Balaban J connectivity index is 1.96. The maximum absolute atomic E-state index is 14.3. The molecule has 0 spiro atoms. The molecule has 2 aromatic carbocycles. The number of aryl methyl sites for hydroxylation is 1. The third kappa shape index (κ3) is 4.68. The summed E-state index contributed by atoms with van der Waals surface area (Å²) in [5.41, 5.74) is 1.71. The standard InChI is InChI=1S/C19H17ClF2N2O2S2/c1-11-10-27-19(23-11)24(28-18-7-14(20)15(21)8-16(18)22)9-12-4-5-13(25-2)6-17(12)26-3/h4-8,10H,9H2,1-3H3. The fraction of sp³-hybridized carbons (Fsp3) is 0.211. The van der Waals surface area contributed by atoms with Gasteiger partial charge in [-0.05, 0) is 37.1 Å². The van der Waals surface area contributed by atoms with E-state index in [0.717, 1.165) is 29.3 Å². The van der Waals surface area contributed by atoms with Crippen molar-refractivity contribution in [2.45, 2.75) is 18.4 Å². The summed E-state index contributed by atoms with van der Waals surface area (Å²) < 4.78 is 40.3. The molecule has 0 aliphatic carbocycles. The van der Waals surface area contributed by atoms with Gasteiger partial charge < -0.3 is 9.47 Å². The van der Waals surface area contributed by atoms with Crippen LogP contribution in [0.15, 0.2) is 40.6 Å². The largest absolute Gasteiger partial charge is 0.497 e. The molecule has 0 saturated heterocycles.